The molecule has 0 aliphatic heterocycles. The van der Waals surface area contributed by atoms with Crippen LogP contribution in [0.4, 0.5) is 8.78 Å². The molecule has 0 aliphatic rings. The van der Waals surface area contributed by atoms with Crippen LogP contribution in [0.3, 0.4) is 0 Å². The molecule has 0 fully saturated rings. The largest absolute Gasteiger partial charge is 0.465 e. The number of fused-ring (bicyclic) bond motifs is 1. The van der Waals surface area contributed by atoms with Crippen LogP contribution in [0.5, 0.6) is 0 Å². The fourth-order valence-electron chi connectivity index (χ4n) is 3.03. The van der Waals surface area contributed by atoms with Crippen LogP contribution in [0, 0.1) is 11.6 Å². The summed E-state index contributed by atoms with van der Waals surface area (Å²) in [5, 5.41) is 0. The quantitative estimate of drug-likeness (QED) is 0.512. The molecule has 0 saturated heterocycles. The number of ether oxygens (including phenoxy) is 1. The lowest BCUT2D eigenvalue weighted by molar-refractivity contribution is 0.0603. The Morgan fingerprint density at radius 1 is 1.04 bits per heavy atom. The third-order valence-corrected chi connectivity index (χ3v) is 4.16. The number of carbonyl (C=O) groups is 1. The second-order valence-electron chi connectivity index (χ2n) is 5.80. The number of rotatable bonds is 3. The summed E-state index contributed by atoms with van der Waals surface area (Å²) < 4.78 is 34.2. The second kappa shape index (κ2) is 6.60. The standard InChI is InChI=1S/C20H13F2N3O2/c1-27-20(26)18-15(12-8-13(21)10-14(22)9-12)11-17(16-4-2-3-5-23-16)25-7-6-24-19(18)25/h2-11H,1H3. The van der Waals surface area contributed by atoms with Crippen LogP contribution in [0.15, 0.2) is 61.1 Å². The first-order valence-corrected chi connectivity index (χ1v) is 8.04. The number of nitrogens with zero attached hydrogens (tertiary/aromatic N) is 3. The minimum absolute atomic E-state index is 0.118. The Morgan fingerprint density at radius 2 is 1.81 bits per heavy atom. The molecule has 0 N–H and O–H groups in total. The maximum atomic E-state index is 13.8. The molecule has 0 radical (unpaired) electrons. The van der Waals surface area contributed by atoms with E-state index >= 15 is 0 Å². The fraction of sp³-hybridized carbons (Fsp3) is 0.0500. The van der Waals surface area contributed by atoms with Crippen molar-refractivity contribution in [2.24, 2.45) is 0 Å². The van der Waals surface area contributed by atoms with Crippen molar-refractivity contribution in [2.45, 2.75) is 0 Å². The Kier molecular flexibility index (Phi) is 4.12. The zero-order valence-electron chi connectivity index (χ0n) is 14.2. The van der Waals surface area contributed by atoms with E-state index in [2.05, 4.69) is 9.97 Å². The van der Waals surface area contributed by atoms with Crippen LogP contribution in [0.1, 0.15) is 10.4 Å². The number of methoxy groups -OCH3 is 1. The molecular weight excluding hydrogens is 352 g/mol. The molecule has 1 aromatic carbocycles. The fourth-order valence-corrected chi connectivity index (χ4v) is 3.03. The van der Waals surface area contributed by atoms with Crippen molar-refractivity contribution in [3.63, 3.8) is 0 Å². The summed E-state index contributed by atoms with van der Waals surface area (Å²) in [5.41, 5.74) is 2.18. The SMILES string of the molecule is COC(=O)c1c(-c2cc(F)cc(F)c2)cc(-c2ccccn2)n2ccnc12. The highest BCUT2D eigenvalue weighted by molar-refractivity contribution is 6.04. The van der Waals surface area contributed by atoms with Crippen LogP contribution < -0.4 is 0 Å². The molecule has 0 atom stereocenters. The first-order valence-electron chi connectivity index (χ1n) is 8.04. The Morgan fingerprint density at radius 3 is 2.48 bits per heavy atom. The zero-order chi connectivity index (χ0) is 19.0. The molecule has 0 spiro atoms. The molecule has 5 nitrogen and oxygen atoms in total. The van der Waals surface area contributed by atoms with E-state index in [1.54, 1.807) is 35.0 Å². The minimum Gasteiger partial charge on any atom is -0.465 e. The lowest BCUT2D eigenvalue weighted by Crippen LogP contribution is -2.09. The molecule has 4 aromatic rings. The highest BCUT2D eigenvalue weighted by Crippen LogP contribution is 2.33. The molecule has 0 amide bonds. The number of hydrogen-bond donors (Lipinski definition) is 0. The van der Waals surface area contributed by atoms with Crippen molar-refractivity contribution in [3.8, 4) is 22.5 Å². The summed E-state index contributed by atoms with van der Waals surface area (Å²) in [4.78, 5) is 21.0. The van der Waals surface area contributed by atoms with Gasteiger partial charge in [-0.25, -0.2) is 18.6 Å². The lowest BCUT2D eigenvalue weighted by Gasteiger charge is -2.14. The Bertz CT molecular complexity index is 1140. The summed E-state index contributed by atoms with van der Waals surface area (Å²) in [7, 11) is 1.24. The molecule has 0 unspecified atom stereocenters. The van der Waals surface area contributed by atoms with Crippen LogP contribution in [-0.4, -0.2) is 27.4 Å². The van der Waals surface area contributed by atoms with E-state index in [9.17, 15) is 13.6 Å². The van der Waals surface area contributed by atoms with Gasteiger partial charge < -0.3 is 4.74 Å². The highest BCUT2D eigenvalue weighted by atomic mass is 19.1. The Hall–Kier alpha value is -3.61. The third-order valence-electron chi connectivity index (χ3n) is 4.16. The molecule has 134 valence electrons. The Labute approximate surface area is 152 Å². The van der Waals surface area contributed by atoms with Gasteiger partial charge in [0.25, 0.3) is 0 Å². The van der Waals surface area contributed by atoms with E-state index in [4.69, 9.17) is 4.74 Å². The molecule has 7 heteroatoms. The molecule has 27 heavy (non-hydrogen) atoms. The molecular formula is C20H13F2N3O2. The average molecular weight is 365 g/mol. The summed E-state index contributed by atoms with van der Waals surface area (Å²) in [6.07, 6.45) is 4.85. The predicted molar refractivity (Wildman–Crippen MR) is 95.1 cm³/mol. The molecule has 3 aromatic heterocycles. The number of esters is 1. The molecule has 3 heterocycles. The minimum atomic E-state index is -0.747. The van der Waals surface area contributed by atoms with E-state index in [0.29, 0.717) is 22.6 Å². The van der Waals surface area contributed by atoms with Crippen molar-refractivity contribution in [3.05, 3.63) is 78.3 Å². The van der Waals surface area contributed by atoms with Crippen LogP contribution in [0.25, 0.3) is 28.2 Å². The van der Waals surface area contributed by atoms with Gasteiger partial charge in [-0.15, -0.1) is 0 Å². The molecule has 4 rings (SSSR count). The molecule has 0 bridgehead atoms. The number of aromatic nitrogens is 3. The topological polar surface area (TPSA) is 56.5 Å². The maximum Gasteiger partial charge on any atom is 0.342 e. The third kappa shape index (κ3) is 2.93. The van der Waals surface area contributed by atoms with Gasteiger partial charge in [-0.05, 0) is 35.9 Å². The number of pyridine rings is 2. The van der Waals surface area contributed by atoms with Gasteiger partial charge in [0.15, 0.2) is 5.65 Å². The van der Waals surface area contributed by atoms with Gasteiger partial charge in [0.05, 0.1) is 18.5 Å². The number of imidazole rings is 1. The van der Waals surface area contributed by atoms with Crippen molar-refractivity contribution in [2.75, 3.05) is 7.11 Å². The number of benzene rings is 1. The predicted octanol–water partition coefficient (Wildman–Crippen LogP) is 4.13. The van der Waals surface area contributed by atoms with Gasteiger partial charge >= 0.3 is 5.97 Å². The summed E-state index contributed by atoms with van der Waals surface area (Å²) in [6, 6.07) is 10.1. The van der Waals surface area contributed by atoms with Crippen molar-refractivity contribution < 1.29 is 18.3 Å². The van der Waals surface area contributed by atoms with E-state index < -0.39 is 17.6 Å². The zero-order valence-corrected chi connectivity index (χ0v) is 14.2. The second-order valence-corrected chi connectivity index (χ2v) is 5.80. The molecule has 0 aliphatic carbocycles. The van der Waals surface area contributed by atoms with Gasteiger partial charge in [-0.3, -0.25) is 9.38 Å². The van der Waals surface area contributed by atoms with Crippen molar-refractivity contribution in [1.29, 1.82) is 0 Å². The van der Waals surface area contributed by atoms with Crippen molar-refractivity contribution in [1.82, 2.24) is 14.4 Å². The van der Waals surface area contributed by atoms with E-state index in [0.717, 1.165) is 18.2 Å². The highest BCUT2D eigenvalue weighted by Gasteiger charge is 2.23. The summed E-state index contributed by atoms with van der Waals surface area (Å²) in [6.45, 7) is 0. The van der Waals surface area contributed by atoms with E-state index in [1.807, 2.05) is 6.07 Å². The van der Waals surface area contributed by atoms with E-state index in [1.165, 1.54) is 13.3 Å². The van der Waals surface area contributed by atoms with Gasteiger partial charge in [0.1, 0.15) is 17.2 Å². The lowest BCUT2D eigenvalue weighted by atomic mass is 9.98. The van der Waals surface area contributed by atoms with Gasteiger partial charge in [-0.2, -0.15) is 0 Å². The average Bonchev–Trinajstić information content (AvgIpc) is 3.15. The molecule has 0 saturated carbocycles. The van der Waals surface area contributed by atoms with Crippen LogP contribution in [-0.2, 0) is 4.74 Å². The normalized spacial score (nSPS) is 10.9. The summed E-state index contributed by atoms with van der Waals surface area (Å²) >= 11 is 0. The summed E-state index contributed by atoms with van der Waals surface area (Å²) in [5.74, 6) is -2.15. The van der Waals surface area contributed by atoms with Crippen molar-refractivity contribution >= 4 is 11.6 Å². The van der Waals surface area contributed by atoms with Gasteiger partial charge in [0, 0.05) is 30.2 Å². The number of halogens is 2. The van der Waals surface area contributed by atoms with Crippen LogP contribution in [0.2, 0.25) is 0 Å². The van der Waals surface area contributed by atoms with Crippen LogP contribution >= 0.6 is 0 Å². The first-order chi connectivity index (χ1) is 13.1. The number of carbonyl (C=O) groups excluding carboxylic acids is 1. The Balaban J connectivity index is 2.11. The van der Waals surface area contributed by atoms with Gasteiger partial charge in [0.2, 0.25) is 0 Å². The van der Waals surface area contributed by atoms with E-state index in [-0.39, 0.29) is 11.1 Å². The number of hydrogen-bond acceptors (Lipinski definition) is 4. The first kappa shape index (κ1) is 16.8. The maximum absolute atomic E-state index is 13.8. The smallest absolute Gasteiger partial charge is 0.342 e. The monoisotopic (exact) mass is 365 g/mol. The van der Waals surface area contributed by atoms with Gasteiger partial charge in [-0.1, -0.05) is 6.07 Å².